The summed E-state index contributed by atoms with van der Waals surface area (Å²) in [5.74, 6) is 0. The van der Waals surface area contributed by atoms with Crippen molar-refractivity contribution in [1.29, 1.82) is 0 Å². The third-order valence-corrected chi connectivity index (χ3v) is 6.50. The van der Waals surface area contributed by atoms with Gasteiger partial charge in [0.15, 0.2) is 0 Å². The van der Waals surface area contributed by atoms with E-state index in [0.717, 1.165) is 23.2 Å². The Morgan fingerprint density at radius 1 is 0.667 bits per heavy atom. The largest absolute Gasteiger partial charge is 0.455 e. The summed E-state index contributed by atoms with van der Waals surface area (Å²) in [5.41, 5.74) is 10.5. The zero-order chi connectivity index (χ0) is 22.2. The van der Waals surface area contributed by atoms with Gasteiger partial charge in [-0.15, -0.1) is 0 Å². The van der Waals surface area contributed by atoms with Crippen LogP contribution >= 0.6 is 0 Å². The molecule has 0 saturated heterocycles. The van der Waals surface area contributed by atoms with Gasteiger partial charge in [-0.3, -0.25) is 0 Å². The van der Waals surface area contributed by atoms with Gasteiger partial charge in [0, 0.05) is 16.3 Å². The highest BCUT2D eigenvalue weighted by Gasteiger charge is 2.13. The highest BCUT2D eigenvalue weighted by atomic mass is 16.3. The molecule has 1 aliphatic carbocycles. The number of hydrogen-bond acceptors (Lipinski definition) is 1. The molecule has 5 aromatic rings. The fraction of sp³-hybridized carbons (Fsp3) is 0.0625. The number of benzene rings is 4. The standard InChI is InChI=1S/C32H24O/c1-22-8-5-15-30-31(22)29-14-7-13-28(32(29)33-30)27-20-18-26(19-21-27)25-12-6-11-24(16-17-25)23-9-3-2-4-10-23/h2-11,13-21H,12H2,1H3. The van der Waals surface area contributed by atoms with E-state index in [-0.39, 0.29) is 0 Å². The molecule has 4 aromatic carbocycles. The molecule has 0 unspecified atom stereocenters. The van der Waals surface area contributed by atoms with Gasteiger partial charge in [0.1, 0.15) is 11.2 Å². The fourth-order valence-corrected chi connectivity index (χ4v) is 4.78. The van der Waals surface area contributed by atoms with E-state index < -0.39 is 0 Å². The topological polar surface area (TPSA) is 13.1 Å². The SMILES string of the molecule is Cc1cccc2oc3c(-c4ccc(C5=CC=C(c6ccccc6)C=CC5)cc4)cccc3c12. The molecule has 1 aliphatic rings. The molecule has 0 atom stereocenters. The summed E-state index contributed by atoms with van der Waals surface area (Å²) in [5, 5.41) is 2.39. The van der Waals surface area contributed by atoms with Crippen molar-refractivity contribution in [3.05, 3.63) is 132 Å². The maximum absolute atomic E-state index is 6.31. The van der Waals surface area contributed by atoms with Crippen LogP contribution in [0.15, 0.2) is 120 Å². The number of para-hydroxylation sites is 1. The Balaban J connectivity index is 1.37. The first-order valence-corrected chi connectivity index (χ1v) is 11.4. The van der Waals surface area contributed by atoms with Crippen molar-refractivity contribution in [2.75, 3.05) is 0 Å². The summed E-state index contributed by atoms with van der Waals surface area (Å²) in [4.78, 5) is 0. The summed E-state index contributed by atoms with van der Waals surface area (Å²) in [6, 6.07) is 32.1. The molecule has 0 spiro atoms. The Kier molecular flexibility index (Phi) is 4.81. The lowest BCUT2D eigenvalue weighted by Gasteiger charge is -2.07. The minimum absolute atomic E-state index is 0.921. The minimum atomic E-state index is 0.921. The molecule has 33 heavy (non-hydrogen) atoms. The van der Waals surface area contributed by atoms with Crippen molar-refractivity contribution in [3.8, 4) is 11.1 Å². The smallest absolute Gasteiger partial charge is 0.143 e. The van der Waals surface area contributed by atoms with Crippen LogP contribution in [0.5, 0.6) is 0 Å². The highest BCUT2D eigenvalue weighted by molar-refractivity contribution is 6.10. The van der Waals surface area contributed by atoms with Gasteiger partial charge >= 0.3 is 0 Å². The van der Waals surface area contributed by atoms with Crippen LogP contribution in [-0.2, 0) is 0 Å². The van der Waals surface area contributed by atoms with Gasteiger partial charge in [0.25, 0.3) is 0 Å². The van der Waals surface area contributed by atoms with E-state index in [1.165, 1.54) is 44.2 Å². The Morgan fingerprint density at radius 3 is 2.30 bits per heavy atom. The van der Waals surface area contributed by atoms with Crippen molar-refractivity contribution >= 4 is 33.1 Å². The van der Waals surface area contributed by atoms with Crippen LogP contribution in [0.25, 0.3) is 44.2 Å². The minimum Gasteiger partial charge on any atom is -0.455 e. The molecular formula is C32H24O. The molecule has 1 heteroatoms. The van der Waals surface area contributed by atoms with Crippen LogP contribution < -0.4 is 0 Å². The number of hydrogen-bond donors (Lipinski definition) is 0. The van der Waals surface area contributed by atoms with Gasteiger partial charge in [0.05, 0.1) is 0 Å². The first-order chi connectivity index (χ1) is 16.3. The first-order valence-electron chi connectivity index (χ1n) is 11.4. The van der Waals surface area contributed by atoms with Crippen LogP contribution in [0.3, 0.4) is 0 Å². The number of allylic oxidation sites excluding steroid dienone is 6. The lowest BCUT2D eigenvalue weighted by atomic mass is 9.97. The predicted molar refractivity (Wildman–Crippen MR) is 140 cm³/mol. The molecule has 0 N–H and O–H groups in total. The molecule has 0 radical (unpaired) electrons. The summed E-state index contributed by atoms with van der Waals surface area (Å²) < 4.78 is 6.31. The average molecular weight is 425 g/mol. The van der Waals surface area contributed by atoms with E-state index >= 15 is 0 Å². The summed E-state index contributed by atoms with van der Waals surface area (Å²) in [7, 11) is 0. The zero-order valence-electron chi connectivity index (χ0n) is 18.6. The number of rotatable bonds is 3. The molecule has 0 saturated carbocycles. The van der Waals surface area contributed by atoms with E-state index in [2.05, 4.69) is 122 Å². The monoisotopic (exact) mass is 424 g/mol. The molecule has 1 nitrogen and oxygen atoms in total. The van der Waals surface area contributed by atoms with Gasteiger partial charge in [-0.05, 0) is 52.8 Å². The molecule has 6 rings (SSSR count). The Bertz CT molecular complexity index is 1560. The van der Waals surface area contributed by atoms with Gasteiger partial charge in [0.2, 0.25) is 0 Å². The summed E-state index contributed by atoms with van der Waals surface area (Å²) >= 11 is 0. The lowest BCUT2D eigenvalue weighted by molar-refractivity contribution is 0.670. The second-order valence-electron chi connectivity index (χ2n) is 8.60. The van der Waals surface area contributed by atoms with Gasteiger partial charge in [-0.2, -0.15) is 0 Å². The molecule has 1 heterocycles. The third kappa shape index (κ3) is 3.52. The Labute approximate surface area is 194 Å². The number of aryl methyl sites for hydroxylation is 1. The maximum Gasteiger partial charge on any atom is 0.143 e. The van der Waals surface area contributed by atoms with Crippen molar-refractivity contribution in [1.82, 2.24) is 0 Å². The van der Waals surface area contributed by atoms with Crippen molar-refractivity contribution in [2.24, 2.45) is 0 Å². The molecule has 1 aromatic heterocycles. The molecular weight excluding hydrogens is 400 g/mol. The summed E-state index contributed by atoms with van der Waals surface area (Å²) in [6.07, 6.45) is 9.87. The van der Waals surface area contributed by atoms with Crippen molar-refractivity contribution in [3.63, 3.8) is 0 Å². The second kappa shape index (κ2) is 8.11. The van der Waals surface area contributed by atoms with E-state index in [1.807, 2.05) is 0 Å². The van der Waals surface area contributed by atoms with Crippen LogP contribution in [0.4, 0.5) is 0 Å². The maximum atomic E-state index is 6.31. The van der Waals surface area contributed by atoms with Gasteiger partial charge in [-0.1, -0.05) is 109 Å². The average Bonchev–Trinajstić information content (AvgIpc) is 3.08. The van der Waals surface area contributed by atoms with Crippen LogP contribution in [0, 0.1) is 6.92 Å². The quantitative estimate of drug-likeness (QED) is 0.282. The van der Waals surface area contributed by atoms with E-state index in [0.29, 0.717) is 0 Å². The Hall–Kier alpha value is -4.10. The van der Waals surface area contributed by atoms with E-state index in [1.54, 1.807) is 0 Å². The summed E-state index contributed by atoms with van der Waals surface area (Å²) in [6.45, 7) is 2.14. The van der Waals surface area contributed by atoms with Gasteiger partial charge < -0.3 is 4.42 Å². The third-order valence-electron chi connectivity index (χ3n) is 6.50. The van der Waals surface area contributed by atoms with Crippen LogP contribution in [-0.4, -0.2) is 0 Å². The predicted octanol–water partition coefficient (Wildman–Crippen LogP) is 8.99. The molecule has 0 fully saturated rings. The fourth-order valence-electron chi connectivity index (χ4n) is 4.78. The van der Waals surface area contributed by atoms with E-state index in [4.69, 9.17) is 4.42 Å². The van der Waals surface area contributed by atoms with Gasteiger partial charge in [-0.25, -0.2) is 0 Å². The normalized spacial score (nSPS) is 13.7. The number of furan rings is 1. The zero-order valence-corrected chi connectivity index (χ0v) is 18.6. The van der Waals surface area contributed by atoms with Crippen molar-refractivity contribution < 1.29 is 4.42 Å². The molecule has 0 aliphatic heterocycles. The highest BCUT2D eigenvalue weighted by Crippen LogP contribution is 2.37. The molecule has 158 valence electrons. The van der Waals surface area contributed by atoms with Crippen molar-refractivity contribution in [2.45, 2.75) is 13.3 Å². The van der Waals surface area contributed by atoms with Crippen LogP contribution in [0.2, 0.25) is 0 Å². The molecule has 0 amide bonds. The second-order valence-corrected chi connectivity index (χ2v) is 8.60. The Morgan fingerprint density at radius 2 is 1.45 bits per heavy atom. The van der Waals surface area contributed by atoms with E-state index in [9.17, 15) is 0 Å². The molecule has 0 bridgehead atoms. The van der Waals surface area contributed by atoms with Crippen LogP contribution in [0.1, 0.15) is 23.1 Å². The lowest BCUT2D eigenvalue weighted by Crippen LogP contribution is -1.85. The number of fused-ring (bicyclic) bond motifs is 3. The first kappa shape index (κ1) is 19.6.